The summed E-state index contributed by atoms with van der Waals surface area (Å²) in [6.07, 6.45) is -0.944. The van der Waals surface area contributed by atoms with E-state index < -0.39 is 30.5 Å². The third-order valence-electron chi connectivity index (χ3n) is 8.77. The number of likely N-dealkylation sites (tertiary alicyclic amines) is 1. The van der Waals surface area contributed by atoms with Gasteiger partial charge in [0.15, 0.2) is 0 Å². The first-order chi connectivity index (χ1) is 18.2. The molecule has 4 fully saturated rings. The van der Waals surface area contributed by atoms with Crippen LogP contribution in [0.25, 0.3) is 0 Å². The Morgan fingerprint density at radius 3 is 2.63 bits per heavy atom. The lowest BCUT2D eigenvalue weighted by Gasteiger charge is -2.48. The molecule has 3 saturated heterocycles. The minimum Gasteiger partial charge on any atom is -0.335 e. The average molecular weight is 533 g/mol. The molecular weight excluding hydrogens is 500 g/mol. The van der Waals surface area contributed by atoms with Gasteiger partial charge in [-0.05, 0) is 60.9 Å². The minimum atomic E-state index is -4.37. The summed E-state index contributed by atoms with van der Waals surface area (Å²) in [5.41, 5.74) is 9.31. The number of hydrogen-bond donors (Lipinski definition) is 3. The van der Waals surface area contributed by atoms with Gasteiger partial charge in [-0.1, -0.05) is 18.2 Å². The van der Waals surface area contributed by atoms with E-state index in [1.165, 1.54) is 11.0 Å². The monoisotopic (exact) mass is 532 g/mol. The smallest absolute Gasteiger partial charge is 0.335 e. The average Bonchev–Trinajstić information content (AvgIpc) is 3.45. The van der Waals surface area contributed by atoms with Gasteiger partial charge in [-0.3, -0.25) is 15.3 Å². The fourth-order valence-corrected chi connectivity index (χ4v) is 7.14. The van der Waals surface area contributed by atoms with Crippen LogP contribution in [0.15, 0.2) is 42.6 Å². The molecule has 0 radical (unpaired) electrons. The maximum absolute atomic E-state index is 14.8. The summed E-state index contributed by atoms with van der Waals surface area (Å²) in [7, 11) is 0. The molecule has 3 N–H and O–H groups in total. The molecule has 1 saturated carbocycles. The molecule has 11 heteroatoms. The minimum absolute atomic E-state index is 0.0215. The van der Waals surface area contributed by atoms with Crippen LogP contribution < -0.4 is 16.2 Å². The van der Waals surface area contributed by atoms with Gasteiger partial charge >= 0.3 is 12.2 Å². The Bertz CT molecular complexity index is 1190. The highest BCUT2D eigenvalue weighted by molar-refractivity contribution is 5.76. The number of alkyl halides is 3. The van der Waals surface area contributed by atoms with Gasteiger partial charge in [0.05, 0.1) is 18.6 Å². The second kappa shape index (κ2) is 9.77. The Labute approximate surface area is 218 Å². The summed E-state index contributed by atoms with van der Waals surface area (Å²) in [4.78, 5) is 20.6. The lowest BCUT2D eigenvalue weighted by Crippen LogP contribution is -2.63. The number of nitrogens with zero attached hydrogens (tertiary/aromatic N) is 3. The van der Waals surface area contributed by atoms with E-state index in [-0.39, 0.29) is 43.2 Å². The van der Waals surface area contributed by atoms with Crippen LogP contribution in [0.5, 0.6) is 0 Å². The van der Waals surface area contributed by atoms with Crippen molar-refractivity contribution in [1.82, 2.24) is 31.0 Å². The van der Waals surface area contributed by atoms with Crippen LogP contribution in [0.2, 0.25) is 0 Å². The molecule has 0 spiro atoms. The Hall–Kier alpha value is -2.76. The molecule has 1 aromatic heterocycles. The number of pyridine rings is 1. The normalized spacial score (nSPS) is 33.7. The summed E-state index contributed by atoms with van der Waals surface area (Å²) in [6.45, 7) is 1.42. The van der Waals surface area contributed by atoms with Crippen LogP contribution in [0.4, 0.5) is 22.4 Å². The van der Waals surface area contributed by atoms with Crippen LogP contribution in [-0.4, -0.2) is 71.3 Å². The van der Waals surface area contributed by atoms with Crippen molar-refractivity contribution in [2.45, 2.75) is 56.0 Å². The molecule has 7 atom stereocenters. The van der Waals surface area contributed by atoms with Crippen LogP contribution in [-0.2, 0) is 0 Å². The predicted molar refractivity (Wildman–Crippen MR) is 132 cm³/mol. The number of carbonyl (C=O) groups excluding carboxylic acids is 1. The standard InChI is InChI=1S/C27H32F4N6O/c1-15-8-16(6-7-32-15)25-19-9-17-11-37(26(38)33-22(17)10-23(19)34-35-25)24-13-36(14-27(29,30)31)12-20(24)18-4-2-3-5-21(18)28/h2-8,17,19-20,22-25,34-35H,9-14H2,1H3,(H,33,38)/t17?,19?,20-,22?,23?,24+,25?/m0/s1. The van der Waals surface area contributed by atoms with Crippen LogP contribution >= 0.6 is 0 Å². The van der Waals surface area contributed by atoms with Crippen LogP contribution in [0, 0.1) is 24.6 Å². The molecule has 204 valence electrons. The van der Waals surface area contributed by atoms with Gasteiger partial charge < -0.3 is 10.2 Å². The molecule has 4 aliphatic rings. The number of aromatic nitrogens is 1. The molecule has 0 bridgehead atoms. The second-order valence-electron chi connectivity index (χ2n) is 11.2. The maximum Gasteiger partial charge on any atom is 0.401 e. The molecule has 1 aromatic carbocycles. The van der Waals surface area contributed by atoms with Gasteiger partial charge in [0.25, 0.3) is 0 Å². The molecular formula is C27H32F4N6O. The van der Waals surface area contributed by atoms with Crippen LogP contribution in [0.3, 0.4) is 0 Å². The highest BCUT2D eigenvalue weighted by Gasteiger charge is 2.51. The molecule has 2 aromatic rings. The molecule has 5 unspecified atom stereocenters. The molecule has 1 aliphatic carbocycles. The SMILES string of the molecule is Cc1cc(C2NNC3CC4NC(=O)N([C@@H]5CN(CC(F)(F)F)C[C@H]5c5ccccc5F)CC4CC32)ccn1. The lowest BCUT2D eigenvalue weighted by molar-refractivity contribution is -0.143. The van der Waals surface area contributed by atoms with Gasteiger partial charge in [-0.25, -0.2) is 14.6 Å². The highest BCUT2D eigenvalue weighted by Crippen LogP contribution is 2.43. The number of hydrazine groups is 1. The van der Waals surface area contributed by atoms with Crippen molar-refractivity contribution in [2.24, 2.45) is 11.8 Å². The Morgan fingerprint density at radius 1 is 1.05 bits per heavy atom. The van der Waals surface area contributed by atoms with E-state index in [0.717, 1.165) is 24.1 Å². The van der Waals surface area contributed by atoms with Crippen molar-refractivity contribution < 1.29 is 22.4 Å². The number of benzene rings is 1. The zero-order chi connectivity index (χ0) is 26.6. The third kappa shape index (κ3) is 4.87. The fraction of sp³-hybridized carbons (Fsp3) is 0.556. The van der Waals surface area contributed by atoms with E-state index in [1.54, 1.807) is 23.1 Å². The van der Waals surface area contributed by atoms with Crippen molar-refractivity contribution in [3.05, 3.63) is 65.2 Å². The fourth-order valence-electron chi connectivity index (χ4n) is 7.14. The number of aryl methyl sites for hydroxylation is 1. The zero-order valence-electron chi connectivity index (χ0n) is 21.1. The summed E-state index contributed by atoms with van der Waals surface area (Å²) < 4.78 is 54.7. The van der Waals surface area contributed by atoms with E-state index in [2.05, 4.69) is 27.2 Å². The number of nitrogens with one attached hydrogen (secondary N) is 3. The van der Waals surface area contributed by atoms with Crippen molar-refractivity contribution in [3.8, 4) is 0 Å². The Balaban J connectivity index is 1.24. The lowest BCUT2D eigenvalue weighted by atomic mass is 9.71. The Morgan fingerprint density at radius 2 is 1.87 bits per heavy atom. The van der Waals surface area contributed by atoms with Gasteiger partial charge in [0.1, 0.15) is 5.82 Å². The van der Waals surface area contributed by atoms with Crippen LogP contribution in [0.1, 0.15) is 41.6 Å². The van der Waals surface area contributed by atoms with Crippen molar-refractivity contribution in [1.29, 1.82) is 0 Å². The summed E-state index contributed by atoms with van der Waals surface area (Å²) in [5.74, 6) is -0.563. The van der Waals surface area contributed by atoms with E-state index in [1.807, 2.05) is 19.2 Å². The van der Waals surface area contributed by atoms with E-state index in [0.29, 0.717) is 18.0 Å². The maximum atomic E-state index is 14.8. The molecule has 3 aliphatic heterocycles. The summed E-state index contributed by atoms with van der Waals surface area (Å²) in [5, 5.41) is 3.15. The van der Waals surface area contributed by atoms with E-state index in [4.69, 9.17) is 0 Å². The zero-order valence-corrected chi connectivity index (χ0v) is 21.1. The first-order valence-corrected chi connectivity index (χ1v) is 13.2. The number of amides is 2. The number of urea groups is 1. The molecule has 2 amide bonds. The topological polar surface area (TPSA) is 72.5 Å². The largest absolute Gasteiger partial charge is 0.401 e. The van der Waals surface area contributed by atoms with Crippen molar-refractivity contribution in [3.63, 3.8) is 0 Å². The Kier molecular flexibility index (Phi) is 6.56. The quantitative estimate of drug-likeness (QED) is 0.526. The van der Waals surface area contributed by atoms with E-state index in [9.17, 15) is 22.4 Å². The number of hydrogen-bond acceptors (Lipinski definition) is 5. The summed E-state index contributed by atoms with van der Waals surface area (Å²) in [6, 6.07) is 9.75. The molecule has 7 nitrogen and oxygen atoms in total. The first-order valence-electron chi connectivity index (χ1n) is 13.2. The molecule has 6 rings (SSSR count). The van der Waals surface area contributed by atoms with Gasteiger partial charge in [-0.2, -0.15) is 13.2 Å². The molecule has 38 heavy (non-hydrogen) atoms. The predicted octanol–water partition coefficient (Wildman–Crippen LogP) is 3.50. The highest BCUT2D eigenvalue weighted by atomic mass is 19.4. The summed E-state index contributed by atoms with van der Waals surface area (Å²) >= 11 is 0. The van der Waals surface area contributed by atoms with Gasteiger partial charge in [-0.15, -0.1) is 0 Å². The van der Waals surface area contributed by atoms with Crippen molar-refractivity contribution >= 4 is 6.03 Å². The number of carbonyl (C=O) groups is 1. The number of fused-ring (bicyclic) bond motifs is 2. The van der Waals surface area contributed by atoms with E-state index >= 15 is 0 Å². The second-order valence-corrected chi connectivity index (χ2v) is 11.2. The first kappa shape index (κ1) is 25.5. The van der Waals surface area contributed by atoms with Gasteiger partial charge in [0.2, 0.25) is 0 Å². The number of rotatable bonds is 4. The third-order valence-corrected chi connectivity index (χ3v) is 8.77. The van der Waals surface area contributed by atoms with Gasteiger partial charge in [0, 0.05) is 49.5 Å². The van der Waals surface area contributed by atoms with Crippen molar-refractivity contribution in [2.75, 3.05) is 26.2 Å². The molecule has 4 heterocycles. The number of halogens is 4.